The van der Waals surface area contributed by atoms with E-state index in [1.807, 2.05) is 0 Å². The standard InChI is InChI=1S/2C9H20N.S/c2*1-3-4-7-10(2)8-5-6-9-10;/h2*3-9H2,1-2H3;/q2*+1;-2. The minimum absolute atomic E-state index is 0. The third kappa shape index (κ3) is 8.47. The number of nitrogens with zero attached hydrogens (tertiary/aromatic N) is 2. The van der Waals surface area contributed by atoms with Crippen molar-refractivity contribution in [1.82, 2.24) is 0 Å². The monoisotopic (exact) mass is 316 g/mol. The molecule has 0 aromatic rings. The Bertz CT molecular complexity index is 218. The van der Waals surface area contributed by atoms with Crippen molar-refractivity contribution < 1.29 is 8.97 Å². The summed E-state index contributed by atoms with van der Waals surface area (Å²) in [6, 6.07) is 0. The molecule has 2 aliphatic heterocycles. The predicted molar refractivity (Wildman–Crippen MR) is 97.2 cm³/mol. The van der Waals surface area contributed by atoms with Crippen molar-refractivity contribution in [2.24, 2.45) is 0 Å². The van der Waals surface area contributed by atoms with Crippen LogP contribution in [0.2, 0.25) is 0 Å². The molecule has 0 aliphatic carbocycles. The van der Waals surface area contributed by atoms with Crippen molar-refractivity contribution in [3.8, 4) is 0 Å². The molecule has 0 spiro atoms. The Morgan fingerprint density at radius 3 is 1.14 bits per heavy atom. The Labute approximate surface area is 141 Å². The molecule has 2 nitrogen and oxygen atoms in total. The largest absolute Gasteiger partial charge is 2.00 e. The van der Waals surface area contributed by atoms with Gasteiger partial charge in [-0.15, -0.1) is 0 Å². The highest BCUT2D eigenvalue weighted by molar-refractivity contribution is 7.37. The lowest BCUT2D eigenvalue weighted by atomic mass is 10.3. The van der Waals surface area contributed by atoms with Gasteiger partial charge >= 0.3 is 0 Å². The van der Waals surface area contributed by atoms with Crippen LogP contribution in [0.25, 0.3) is 0 Å². The molecule has 21 heavy (non-hydrogen) atoms. The van der Waals surface area contributed by atoms with Crippen LogP contribution in [-0.4, -0.2) is 62.3 Å². The second kappa shape index (κ2) is 10.9. The summed E-state index contributed by atoms with van der Waals surface area (Å²) in [6.45, 7) is 13.1. The smallest absolute Gasteiger partial charge is 0.0786 e. The number of unbranched alkanes of at least 4 members (excludes halogenated alkanes) is 2. The fraction of sp³-hybridized carbons (Fsp3) is 1.00. The van der Waals surface area contributed by atoms with Crippen LogP contribution in [0.5, 0.6) is 0 Å². The molecule has 0 unspecified atom stereocenters. The van der Waals surface area contributed by atoms with Crippen LogP contribution >= 0.6 is 0 Å². The molecule has 2 aliphatic rings. The number of hydrogen-bond donors (Lipinski definition) is 0. The minimum atomic E-state index is 0. The van der Waals surface area contributed by atoms with Gasteiger partial charge in [0.2, 0.25) is 0 Å². The molecule has 0 radical (unpaired) electrons. The molecule has 0 aromatic carbocycles. The first-order valence-electron chi connectivity index (χ1n) is 9.21. The maximum absolute atomic E-state index is 2.41. The van der Waals surface area contributed by atoms with Crippen molar-refractivity contribution in [2.75, 3.05) is 53.4 Å². The van der Waals surface area contributed by atoms with E-state index in [9.17, 15) is 0 Å². The molecule has 0 aromatic heterocycles. The topological polar surface area (TPSA) is 0 Å². The lowest BCUT2D eigenvalue weighted by Gasteiger charge is -2.28. The van der Waals surface area contributed by atoms with Gasteiger partial charge < -0.3 is 22.5 Å². The van der Waals surface area contributed by atoms with E-state index < -0.39 is 0 Å². The van der Waals surface area contributed by atoms with E-state index in [1.54, 1.807) is 0 Å². The Hall–Kier alpha value is 0.270. The van der Waals surface area contributed by atoms with Gasteiger partial charge in [-0.1, -0.05) is 26.7 Å². The number of likely N-dealkylation sites (tertiary alicyclic amines) is 2. The molecule has 0 atom stereocenters. The third-order valence-corrected chi connectivity index (χ3v) is 5.39. The molecule has 0 saturated carbocycles. The van der Waals surface area contributed by atoms with Gasteiger partial charge in [-0.05, 0) is 12.8 Å². The molecule has 2 fully saturated rings. The normalized spacial score (nSPS) is 22.3. The Balaban J connectivity index is 0.000000364. The van der Waals surface area contributed by atoms with Crippen molar-refractivity contribution in [1.29, 1.82) is 0 Å². The molecule has 3 heteroatoms. The van der Waals surface area contributed by atoms with Crippen LogP contribution in [0, 0.1) is 0 Å². The van der Waals surface area contributed by atoms with Crippen molar-refractivity contribution in [3.05, 3.63) is 0 Å². The van der Waals surface area contributed by atoms with E-state index in [-0.39, 0.29) is 13.5 Å². The van der Waals surface area contributed by atoms with E-state index in [1.165, 1.54) is 99.6 Å². The Morgan fingerprint density at radius 1 is 0.619 bits per heavy atom. The van der Waals surface area contributed by atoms with Crippen LogP contribution in [0.4, 0.5) is 0 Å². The number of rotatable bonds is 6. The molecular formula is C18H40N2S. The van der Waals surface area contributed by atoms with Crippen LogP contribution in [0.15, 0.2) is 0 Å². The molecular weight excluding hydrogens is 276 g/mol. The fourth-order valence-electron chi connectivity index (χ4n) is 3.72. The van der Waals surface area contributed by atoms with E-state index in [2.05, 4.69) is 27.9 Å². The quantitative estimate of drug-likeness (QED) is 0.649. The van der Waals surface area contributed by atoms with Crippen LogP contribution in [0.1, 0.15) is 65.2 Å². The summed E-state index contributed by atoms with van der Waals surface area (Å²) in [5, 5.41) is 0. The van der Waals surface area contributed by atoms with Gasteiger partial charge in [-0.25, -0.2) is 0 Å². The highest BCUT2D eigenvalue weighted by Crippen LogP contribution is 2.17. The first kappa shape index (κ1) is 21.3. The summed E-state index contributed by atoms with van der Waals surface area (Å²) in [7, 11) is 4.81. The highest BCUT2D eigenvalue weighted by Gasteiger charge is 2.25. The second-order valence-corrected chi connectivity index (χ2v) is 7.70. The van der Waals surface area contributed by atoms with Crippen LogP contribution in [-0.2, 0) is 13.5 Å². The third-order valence-electron chi connectivity index (χ3n) is 5.39. The lowest BCUT2D eigenvalue weighted by Crippen LogP contribution is -2.41. The summed E-state index contributed by atoms with van der Waals surface area (Å²) < 4.78 is 2.71. The molecule has 0 amide bonds. The summed E-state index contributed by atoms with van der Waals surface area (Å²) in [6.07, 6.45) is 11.4. The van der Waals surface area contributed by atoms with Crippen molar-refractivity contribution >= 4 is 13.5 Å². The maximum Gasteiger partial charge on any atom is 0.0786 e. The van der Waals surface area contributed by atoms with Crippen molar-refractivity contribution in [2.45, 2.75) is 65.2 Å². The van der Waals surface area contributed by atoms with Gasteiger partial charge in [0.1, 0.15) is 0 Å². The molecule has 128 valence electrons. The van der Waals surface area contributed by atoms with Gasteiger partial charge in [0, 0.05) is 25.7 Å². The summed E-state index contributed by atoms with van der Waals surface area (Å²) in [4.78, 5) is 0. The van der Waals surface area contributed by atoms with Gasteiger partial charge in [-0.3, -0.25) is 0 Å². The highest BCUT2D eigenvalue weighted by atomic mass is 32.1. The zero-order valence-electron chi connectivity index (χ0n) is 15.2. The first-order valence-corrected chi connectivity index (χ1v) is 9.21. The van der Waals surface area contributed by atoms with E-state index in [4.69, 9.17) is 0 Å². The molecule has 0 bridgehead atoms. The Kier molecular flexibility index (Phi) is 11.0. The van der Waals surface area contributed by atoms with Gasteiger partial charge in [0.05, 0.1) is 53.4 Å². The first-order chi connectivity index (χ1) is 9.54. The molecule has 2 rings (SSSR count). The lowest BCUT2D eigenvalue weighted by molar-refractivity contribution is -0.897. The van der Waals surface area contributed by atoms with Gasteiger partial charge in [-0.2, -0.15) is 0 Å². The SMILES string of the molecule is CCCC[N+]1(C)CCCC1.CCCC[N+]1(C)CCCC1.[S-2]. The predicted octanol–water partition coefficient (Wildman–Crippen LogP) is 4.05. The molecule has 0 N–H and O–H groups in total. The van der Waals surface area contributed by atoms with Crippen LogP contribution < -0.4 is 0 Å². The summed E-state index contributed by atoms with van der Waals surface area (Å²) in [5.41, 5.74) is 0. The average Bonchev–Trinajstić information content (AvgIpc) is 3.05. The summed E-state index contributed by atoms with van der Waals surface area (Å²) in [5.74, 6) is 0. The van der Waals surface area contributed by atoms with E-state index >= 15 is 0 Å². The maximum atomic E-state index is 2.41. The Morgan fingerprint density at radius 2 is 0.905 bits per heavy atom. The molecule has 2 saturated heterocycles. The average molecular weight is 317 g/mol. The zero-order chi connectivity index (χ0) is 14.9. The van der Waals surface area contributed by atoms with E-state index in [0.29, 0.717) is 0 Å². The van der Waals surface area contributed by atoms with Crippen molar-refractivity contribution in [3.63, 3.8) is 0 Å². The number of hydrogen-bond acceptors (Lipinski definition) is 0. The van der Waals surface area contributed by atoms with Gasteiger partial charge in [0.25, 0.3) is 0 Å². The van der Waals surface area contributed by atoms with E-state index in [0.717, 1.165) is 0 Å². The minimum Gasteiger partial charge on any atom is -2.00 e. The fourth-order valence-corrected chi connectivity index (χ4v) is 3.72. The van der Waals surface area contributed by atoms with Crippen LogP contribution in [0.3, 0.4) is 0 Å². The molecule has 2 heterocycles. The zero-order valence-corrected chi connectivity index (χ0v) is 16.0. The second-order valence-electron chi connectivity index (χ2n) is 7.70. The van der Waals surface area contributed by atoms with Gasteiger partial charge in [0.15, 0.2) is 0 Å². The summed E-state index contributed by atoms with van der Waals surface area (Å²) >= 11 is 0. The number of quaternary nitrogens is 2.